The molecule has 30 heavy (non-hydrogen) atoms. The molecule has 3 heterocycles. The first-order chi connectivity index (χ1) is 14.4. The number of aryl methyl sites for hydroxylation is 1. The Hall–Kier alpha value is -3.11. The highest BCUT2D eigenvalue weighted by Crippen LogP contribution is 2.32. The smallest absolute Gasteiger partial charge is 0.270 e. The Morgan fingerprint density at radius 2 is 1.93 bits per heavy atom. The average Bonchev–Trinajstić information content (AvgIpc) is 3.16. The van der Waals surface area contributed by atoms with Crippen molar-refractivity contribution < 1.29 is 15.0 Å². The topological polar surface area (TPSA) is 129 Å². The summed E-state index contributed by atoms with van der Waals surface area (Å²) < 4.78 is 1.78. The monoisotopic (exact) mass is 411 g/mol. The summed E-state index contributed by atoms with van der Waals surface area (Å²) in [5, 5.41) is 24.3. The van der Waals surface area contributed by atoms with Crippen molar-refractivity contribution in [1.29, 1.82) is 0 Å². The second-order valence-corrected chi connectivity index (χ2v) is 7.84. The Kier molecular flexibility index (Phi) is 5.35. The van der Waals surface area contributed by atoms with Crippen LogP contribution in [0, 0.1) is 6.92 Å². The summed E-state index contributed by atoms with van der Waals surface area (Å²) in [6.07, 6.45) is 3.49. The van der Waals surface area contributed by atoms with Gasteiger partial charge in [0.25, 0.3) is 5.91 Å². The lowest BCUT2D eigenvalue weighted by Crippen LogP contribution is -2.54. The predicted molar refractivity (Wildman–Crippen MR) is 110 cm³/mol. The standard InChI is InChI=1S/C20H25N7O3/c1-11-4-5-13(21-8-11)20(30)25-12-6-7-14(17(29)16(12)28)27-10-24-15-18(26(2)3)22-9-23-19(15)27/h4-5,8-10,12,14,16-17,28-29H,6-7H2,1-3H3,(H,25,30)/t12-,14-,16-,17-/m1/s1. The maximum Gasteiger partial charge on any atom is 0.270 e. The third kappa shape index (κ3) is 3.59. The molecule has 3 N–H and O–H groups in total. The van der Waals surface area contributed by atoms with Gasteiger partial charge in [-0.3, -0.25) is 9.78 Å². The number of carbonyl (C=O) groups excluding carboxylic acids is 1. The van der Waals surface area contributed by atoms with Crippen molar-refractivity contribution in [2.24, 2.45) is 0 Å². The number of fused-ring (bicyclic) bond motifs is 1. The number of hydrogen-bond donors (Lipinski definition) is 3. The number of imidazole rings is 1. The summed E-state index contributed by atoms with van der Waals surface area (Å²) in [5.41, 5.74) is 2.45. The molecule has 1 aliphatic rings. The fraction of sp³-hybridized carbons (Fsp3) is 0.450. The van der Waals surface area contributed by atoms with Gasteiger partial charge in [-0.25, -0.2) is 15.0 Å². The van der Waals surface area contributed by atoms with Gasteiger partial charge < -0.3 is 25.0 Å². The van der Waals surface area contributed by atoms with Crippen molar-refractivity contribution in [3.05, 3.63) is 42.2 Å². The molecule has 0 radical (unpaired) electrons. The van der Waals surface area contributed by atoms with Crippen molar-refractivity contribution >= 4 is 22.9 Å². The minimum absolute atomic E-state index is 0.276. The molecule has 1 fully saturated rings. The molecule has 0 bridgehead atoms. The summed E-state index contributed by atoms with van der Waals surface area (Å²) in [6, 6.07) is 2.45. The van der Waals surface area contributed by atoms with E-state index in [9.17, 15) is 15.0 Å². The highest BCUT2D eigenvalue weighted by atomic mass is 16.3. The van der Waals surface area contributed by atoms with Crippen LogP contribution in [-0.2, 0) is 0 Å². The first-order valence-corrected chi connectivity index (χ1v) is 9.81. The van der Waals surface area contributed by atoms with Gasteiger partial charge in [0.1, 0.15) is 24.2 Å². The van der Waals surface area contributed by atoms with Crippen LogP contribution < -0.4 is 10.2 Å². The molecule has 4 rings (SSSR count). The van der Waals surface area contributed by atoms with Crippen molar-refractivity contribution in [1.82, 2.24) is 29.8 Å². The van der Waals surface area contributed by atoms with E-state index in [0.717, 1.165) is 5.56 Å². The molecule has 4 atom stereocenters. The number of aliphatic hydroxyl groups is 2. The lowest BCUT2D eigenvalue weighted by atomic mass is 9.85. The Labute approximate surface area is 173 Å². The number of anilines is 1. The zero-order valence-corrected chi connectivity index (χ0v) is 17.1. The molecule has 158 valence electrons. The van der Waals surface area contributed by atoms with Crippen molar-refractivity contribution in [3.63, 3.8) is 0 Å². The van der Waals surface area contributed by atoms with Crippen molar-refractivity contribution in [3.8, 4) is 0 Å². The minimum atomic E-state index is -1.13. The third-order valence-corrected chi connectivity index (χ3v) is 5.51. The van der Waals surface area contributed by atoms with Crippen molar-refractivity contribution in [2.45, 2.75) is 44.1 Å². The first-order valence-electron chi connectivity index (χ1n) is 9.81. The Morgan fingerprint density at radius 1 is 1.13 bits per heavy atom. The molecule has 0 saturated heterocycles. The lowest BCUT2D eigenvalue weighted by Gasteiger charge is -2.38. The number of aromatic nitrogens is 5. The minimum Gasteiger partial charge on any atom is -0.388 e. The van der Waals surface area contributed by atoms with Gasteiger partial charge in [-0.1, -0.05) is 6.07 Å². The average molecular weight is 411 g/mol. The third-order valence-electron chi connectivity index (χ3n) is 5.51. The number of pyridine rings is 1. The highest BCUT2D eigenvalue weighted by molar-refractivity contribution is 5.92. The number of nitrogens with zero attached hydrogens (tertiary/aromatic N) is 6. The number of hydrogen-bond acceptors (Lipinski definition) is 8. The maximum atomic E-state index is 12.5. The molecule has 10 nitrogen and oxygen atoms in total. The normalized spacial score (nSPS) is 24.0. The van der Waals surface area contributed by atoms with Gasteiger partial charge in [-0.05, 0) is 31.4 Å². The second kappa shape index (κ2) is 7.96. The first kappa shape index (κ1) is 20.2. The molecule has 1 amide bonds. The van der Waals surface area contributed by atoms with E-state index in [-0.39, 0.29) is 11.6 Å². The van der Waals surface area contributed by atoms with E-state index in [1.165, 1.54) is 6.33 Å². The molecule has 0 aromatic carbocycles. The van der Waals surface area contributed by atoms with Crippen LogP contribution in [0.15, 0.2) is 31.0 Å². The van der Waals surface area contributed by atoms with Crippen LogP contribution in [0.2, 0.25) is 0 Å². The summed E-state index contributed by atoms with van der Waals surface area (Å²) in [5.74, 6) is 0.307. The molecule has 1 aliphatic carbocycles. The van der Waals surface area contributed by atoms with Crippen LogP contribution in [0.3, 0.4) is 0 Å². The molecular weight excluding hydrogens is 386 g/mol. The zero-order chi connectivity index (χ0) is 21.4. The largest absolute Gasteiger partial charge is 0.388 e. The van der Waals surface area contributed by atoms with Gasteiger partial charge in [-0.2, -0.15) is 0 Å². The molecule has 0 spiro atoms. The summed E-state index contributed by atoms with van der Waals surface area (Å²) >= 11 is 0. The number of aliphatic hydroxyl groups excluding tert-OH is 2. The van der Waals surface area contributed by atoms with Crippen LogP contribution in [0.5, 0.6) is 0 Å². The van der Waals surface area contributed by atoms with E-state index >= 15 is 0 Å². The quantitative estimate of drug-likeness (QED) is 0.564. The van der Waals surface area contributed by atoms with E-state index in [1.807, 2.05) is 25.9 Å². The predicted octanol–water partition coefficient (Wildman–Crippen LogP) is 0.451. The van der Waals surface area contributed by atoms with Gasteiger partial charge in [0.15, 0.2) is 17.0 Å². The van der Waals surface area contributed by atoms with Crippen LogP contribution in [0.25, 0.3) is 11.2 Å². The van der Waals surface area contributed by atoms with Crippen molar-refractivity contribution in [2.75, 3.05) is 19.0 Å². The van der Waals surface area contributed by atoms with Crippen LogP contribution >= 0.6 is 0 Å². The summed E-state index contributed by atoms with van der Waals surface area (Å²) in [6.45, 7) is 1.89. The molecule has 3 aromatic heterocycles. The number of rotatable bonds is 4. The number of amides is 1. The fourth-order valence-electron chi connectivity index (χ4n) is 3.87. The Bertz CT molecular complexity index is 1050. The van der Waals surface area contributed by atoms with Gasteiger partial charge in [0, 0.05) is 20.3 Å². The van der Waals surface area contributed by atoms with Gasteiger partial charge >= 0.3 is 0 Å². The van der Waals surface area contributed by atoms with Crippen LogP contribution in [0.4, 0.5) is 5.82 Å². The highest BCUT2D eigenvalue weighted by Gasteiger charge is 2.40. The summed E-state index contributed by atoms with van der Waals surface area (Å²) in [4.78, 5) is 31.4. The Balaban J connectivity index is 1.52. The number of carbonyl (C=O) groups is 1. The van der Waals surface area contributed by atoms with Gasteiger partial charge in [-0.15, -0.1) is 0 Å². The molecule has 0 aliphatic heterocycles. The Morgan fingerprint density at radius 3 is 2.63 bits per heavy atom. The summed E-state index contributed by atoms with van der Waals surface area (Å²) in [7, 11) is 3.74. The lowest BCUT2D eigenvalue weighted by molar-refractivity contribution is -0.0553. The molecular formula is C20H25N7O3. The van der Waals surface area contributed by atoms with E-state index in [0.29, 0.717) is 29.8 Å². The van der Waals surface area contributed by atoms with Crippen LogP contribution in [-0.4, -0.2) is 73.0 Å². The van der Waals surface area contributed by atoms with E-state index in [2.05, 4.69) is 25.3 Å². The zero-order valence-electron chi connectivity index (χ0n) is 17.1. The van der Waals surface area contributed by atoms with E-state index in [1.54, 1.807) is 29.2 Å². The van der Waals surface area contributed by atoms with E-state index < -0.39 is 24.3 Å². The maximum absolute atomic E-state index is 12.5. The SMILES string of the molecule is Cc1ccc(C(=O)N[C@@H]2CC[C@@H](n3cnc4c(N(C)C)ncnc43)[C@@H](O)[C@@H]2O)nc1. The number of nitrogens with one attached hydrogen (secondary N) is 1. The molecule has 0 unspecified atom stereocenters. The van der Waals surface area contributed by atoms with Gasteiger partial charge in [0.2, 0.25) is 0 Å². The fourth-order valence-corrected chi connectivity index (χ4v) is 3.87. The van der Waals surface area contributed by atoms with Gasteiger partial charge in [0.05, 0.1) is 18.4 Å². The second-order valence-electron chi connectivity index (χ2n) is 7.84. The van der Waals surface area contributed by atoms with Crippen LogP contribution in [0.1, 0.15) is 34.9 Å². The molecule has 3 aromatic rings. The molecule has 1 saturated carbocycles. The van der Waals surface area contributed by atoms with E-state index in [4.69, 9.17) is 0 Å². The molecule has 10 heteroatoms.